The summed E-state index contributed by atoms with van der Waals surface area (Å²) in [6.07, 6.45) is 1.70. The van der Waals surface area contributed by atoms with Gasteiger partial charge in [-0.15, -0.1) is 0 Å². The molecule has 0 atom stereocenters. The average Bonchev–Trinajstić information content (AvgIpc) is 2.57. The van der Waals surface area contributed by atoms with Gasteiger partial charge in [0.2, 0.25) is 5.91 Å². The molecule has 2 aromatic carbocycles. The van der Waals surface area contributed by atoms with Gasteiger partial charge in [0.05, 0.1) is 5.92 Å². The van der Waals surface area contributed by atoms with E-state index in [-0.39, 0.29) is 11.8 Å². The van der Waals surface area contributed by atoms with E-state index in [1.165, 1.54) is 0 Å². The summed E-state index contributed by atoms with van der Waals surface area (Å²) in [6.45, 7) is 1.98. The van der Waals surface area contributed by atoms with Crippen molar-refractivity contribution >= 4 is 11.7 Å². The van der Waals surface area contributed by atoms with Crippen molar-refractivity contribution in [2.24, 2.45) is 0 Å². The molecule has 0 aliphatic heterocycles. The Bertz CT molecular complexity index is 746. The van der Waals surface area contributed by atoms with E-state index in [9.17, 15) is 4.79 Å². The number of carbonyl (C=O) groups is 1. The first kappa shape index (κ1) is 15.0. The quantitative estimate of drug-likeness (QED) is 0.786. The Morgan fingerprint density at radius 2 is 1.48 bits per heavy atom. The van der Waals surface area contributed by atoms with Gasteiger partial charge in [-0.2, -0.15) is 0 Å². The summed E-state index contributed by atoms with van der Waals surface area (Å²) in [7, 11) is 0. The molecule has 1 aromatic heterocycles. The van der Waals surface area contributed by atoms with E-state index >= 15 is 0 Å². The van der Waals surface area contributed by atoms with Crippen molar-refractivity contribution in [3.63, 3.8) is 0 Å². The molecule has 1 N–H and O–H groups in total. The van der Waals surface area contributed by atoms with Crippen molar-refractivity contribution in [1.29, 1.82) is 0 Å². The Kier molecular flexibility index (Phi) is 4.48. The molecule has 0 fully saturated rings. The molecular weight excluding hydrogens is 284 g/mol. The van der Waals surface area contributed by atoms with Crippen LogP contribution in [-0.4, -0.2) is 10.9 Å². The van der Waals surface area contributed by atoms with E-state index in [4.69, 9.17) is 0 Å². The van der Waals surface area contributed by atoms with Crippen molar-refractivity contribution < 1.29 is 4.79 Å². The van der Waals surface area contributed by atoms with E-state index in [0.717, 1.165) is 16.7 Å². The van der Waals surface area contributed by atoms with Crippen molar-refractivity contribution in [2.45, 2.75) is 12.8 Å². The number of nitrogens with one attached hydrogen (secondary N) is 1. The van der Waals surface area contributed by atoms with Crippen molar-refractivity contribution in [1.82, 2.24) is 4.98 Å². The van der Waals surface area contributed by atoms with Gasteiger partial charge in [-0.05, 0) is 35.7 Å². The summed E-state index contributed by atoms with van der Waals surface area (Å²) in [6, 6.07) is 23.4. The first-order chi connectivity index (χ1) is 11.2. The highest BCUT2D eigenvalue weighted by molar-refractivity contribution is 5.97. The Hall–Kier alpha value is -2.94. The summed E-state index contributed by atoms with van der Waals surface area (Å²) in [4.78, 5) is 17.1. The third kappa shape index (κ3) is 3.64. The minimum Gasteiger partial charge on any atom is -0.310 e. The summed E-state index contributed by atoms with van der Waals surface area (Å²) in [5.74, 6) is 0.132. The Balaban J connectivity index is 1.94. The molecular formula is C20H18N2O. The second-order valence-corrected chi connectivity index (χ2v) is 5.46. The van der Waals surface area contributed by atoms with Gasteiger partial charge in [0.25, 0.3) is 0 Å². The van der Waals surface area contributed by atoms with Crippen LogP contribution in [0.15, 0.2) is 79.0 Å². The standard InChI is InChI=1S/C20H18N2O/c1-15-12-13-21-18(14-15)22-20(23)19(16-8-4-2-5-9-16)17-10-6-3-7-11-17/h2-14,19H,1H3,(H,21,22,23). The number of benzene rings is 2. The second-order valence-electron chi connectivity index (χ2n) is 5.46. The fraction of sp³-hybridized carbons (Fsp3) is 0.100. The number of anilines is 1. The third-order valence-corrected chi connectivity index (χ3v) is 3.69. The average molecular weight is 302 g/mol. The molecule has 23 heavy (non-hydrogen) atoms. The van der Waals surface area contributed by atoms with Crippen LogP contribution in [0.4, 0.5) is 5.82 Å². The van der Waals surface area contributed by atoms with Crippen LogP contribution in [0.1, 0.15) is 22.6 Å². The maximum absolute atomic E-state index is 12.9. The SMILES string of the molecule is Cc1ccnc(NC(=O)C(c2ccccc2)c2ccccc2)c1. The number of amides is 1. The maximum Gasteiger partial charge on any atom is 0.237 e. The Labute approximate surface area is 136 Å². The molecule has 0 bridgehead atoms. The highest BCUT2D eigenvalue weighted by atomic mass is 16.1. The van der Waals surface area contributed by atoms with E-state index < -0.39 is 0 Å². The summed E-state index contributed by atoms with van der Waals surface area (Å²) in [5, 5.41) is 2.93. The lowest BCUT2D eigenvalue weighted by atomic mass is 9.90. The fourth-order valence-electron chi connectivity index (χ4n) is 2.59. The molecule has 0 aliphatic carbocycles. The minimum absolute atomic E-state index is 0.0829. The van der Waals surface area contributed by atoms with E-state index in [1.54, 1.807) is 6.20 Å². The number of pyridine rings is 1. The lowest BCUT2D eigenvalue weighted by Crippen LogP contribution is -2.22. The smallest absolute Gasteiger partial charge is 0.237 e. The van der Waals surface area contributed by atoms with Crippen LogP contribution in [0.3, 0.4) is 0 Å². The van der Waals surface area contributed by atoms with Gasteiger partial charge in [-0.25, -0.2) is 4.98 Å². The topological polar surface area (TPSA) is 42.0 Å². The predicted molar refractivity (Wildman–Crippen MR) is 92.3 cm³/mol. The minimum atomic E-state index is -0.361. The van der Waals surface area contributed by atoms with Gasteiger partial charge in [0.1, 0.15) is 5.82 Å². The Morgan fingerprint density at radius 1 is 0.913 bits per heavy atom. The zero-order chi connectivity index (χ0) is 16.1. The molecule has 0 saturated carbocycles. The van der Waals surface area contributed by atoms with Crippen molar-refractivity contribution in [2.75, 3.05) is 5.32 Å². The first-order valence-electron chi connectivity index (χ1n) is 7.57. The number of aryl methyl sites for hydroxylation is 1. The van der Waals surface area contributed by atoms with E-state index in [1.807, 2.05) is 79.7 Å². The van der Waals surface area contributed by atoms with Crippen molar-refractivity contribution in [3.8, 4) is 0 Å². The third-order valence-electron chi connectivity index (χ3n) is 3.69. The molecule has 3 nitrogen and oxygen atoms in total. The number of hydrogen-bond acceptors (Lipinski definition) is 2. The molecule has 0 aliphatic rings. The summed E-state index contributed by atoms with van der Waals surface area (Å²) >= 11 is 0. The van der Waals surface area contributed by atoms with Crippen molar-refractivity contribution in [3.05, 3.63) is 95.7 Å². The predicted octanol–water partition coefficient (Wildman–Crippen LogP) is 4.16. The molecule has 114 valence electrons. The Morgan fingerprint density at radius 3 is 2.00 bits per heavy atom. The fourth-order valence-corrected chi connectivity index (χ4v) is 2.59. The molecule has 0 saturated heterocycles. The van der Waals surface area contributed by atoms with E-state index in [2.05, 4.69) is 10.3 Å². The zero-order valence-corrected chi connectivity index (χ0v) is 12.9. The highest BCUT2D eigenvalue weighted by Crippen LogP contribution is 2.26. The second kappa shape index (κ2) is 6.88. The van der Waals surface area contributed by atoms with Crippen LogP contribution in [0.5, 0.6) is 0 Å². The normalized spacial score (nSPS) is 10.5. The first-order valence-corrected chi connectivity index (χ1v) is 7.57. The largest absolute Gasteiger partial charge is 0.310 e. The lowest BCUT2D eigenvalue weighted by molar-refractivity contribution is -0.116. The summed E-state index contributed by atoms with van der Waals surface area (Å²) < 4.78 is 0. The van der Waals surface area contributed by atoms with Crippen LogP contribution >= 0.6 is 0 Å². The van der Waals surface area contributed by atoms with Crippen LogP contribution < -0.4 is 5.32 Å². The molecule has 3 rings (SSSR count). The van der Waals surface area contributed by atoms with Crippen LogP contribution in [0.25, 0.3) is 0 Å². The lowest BCUT2D eigenvalue weighted by Gasteiger charge is -2.17. The molecule has 3 aromatic rings. The van der Waals surface area contributed by atoms with Crippen LogP contribution in [0, 0.1) is 6.92 Å². The van der Waals surface area contributed by atoms with Gasteiger partial charge in [-0.3, -0.25) is 4.79 Å². The number of hydrogen-bond donors (Lipinski definition) is 1. The highest BCUT2D eigenvalue weighted by Gasteiger charge is 2.22. The zero-order valence-electron chi connectivity index (χ0n) is 12.9. The molecule has 0 spiro atoms. The van der Waals surface area contributed by atoms with Gasteiger partial charge in [0.15, 0.2) is 0 Å². The number of aromatic nitrogens is 1. The summed E-state index contributed by atoms with van der Waals surface area (Å²) in [5.41, 5.74) is 2.99. The van der Waals surface area contributed by atoms with Gasteiger partial charge in [0, 0.05) is 6.20 Å². The van der Waals surface area contributed by atoms with Crippen LogP contribution in [0.2, 0.25) is 0 Å². The monoisotopic (exact) mass is 302 g/mol. The number of carbonyl (C=O) groups excluding carboxylic acids is 1. The molecule has 0 radical (unpaired) electrons. The van der Waals surface area contributed by atoms with Gasteiger partial charge < -0.3 is 5.32 Å². The molecule has 1 amide bonds. The molecule has 1 heterocycles. The molecule has 3 heteroatoms. The van der Waals surface area contributed by atoms with Gasteiger partial charge >= 0.3 is 0 Å². The molecule has 0 unspecified atom stereocenters. The van der Waals surface area contributed by atoms with Crippen LogP contribution in [-0.2, 0) is 4.79 Å². The van der Waals surface area contributed by atoms with E-state index in [0.29, 0.717) is 5.82 Å². The number of rotatable bonds is 4. The maximum atomic E-state index is 12.9. The van der Waals surface area contributed by atoms with Gasteiger partial charge in [-0.1, -0.05) is 60.7 Å². The number of nitrogens with zero attached hydrogens (tertiary/aromatic N) is 1.